The minimum absolute atomic E-state index is 0.0131. The van der Waals surface area contributed by atoms with Crippen LogP contribution >= 0.6 is 0 Å². The molecule has 0 heterocycles. The smallest absolute Gasteiger partial charge is 0.0704 e. The van der Waals surface area contributed by atoms with Crippen molar-refractivity contribution < 1.29 is 101 Å². The highest BCUT2D eigenvalue weighted by molar-refractivity contribution is 5.15. The molecule has 4 aliphatic rings. The van der Waals surface area contributed by atoms with Gasteiger partial charge in [-0.1, -0.05) is 40.5 Å². The van der Waals surface area contributed by atoms with E-state index in [0.717, 1.165) is 32.1 Å². The van der Waals surface area contributed by atoms with Crippen LogP contribution in [0.15, 0.2) is 0 Å². The van der Waals surface area contributed by atoms with Crippen LogP contribution in [-0.2, 0) is 85.3 Å². The zero-order valence-corrected chi connectivity index (χ0v) is 50.7. The molecule has 0 amide bonds. The van der Waals surface area contributed by atoms with Crippen LogP contribution in [0.25, 0.3) is 0 Å². The van der Waals surface area contributed by atoms with E-state index in [1.807, 2.05) is 0 Å². The number of aliphatic hydroxyl groups is 3. The van der Waals surface area contributed by atoms with Crippen molar-refractivity contribution in [3.05, 3.63) is 0 Å². The summed E-state index contributed by atoms with van der Waals surface area (Å²) < 4.78 is 105. The fourth-order valence-electron chi connectivity index (χ4n) is 13.2. The number of hydrogen-bond acceptors (Lipinski definition) is 21. The van der Waals surface area contributed by atoms with Gasteiger partial charge in [0.15, 0.2) is 0 Å². The van der Waals surface area contributed by atoms with Crippen LogP contribution < -0.4 is 0 Å². The largest absolute Gasteiger partial charge is 0.394 e. The molecule has 480 valence electrons. The van der Waals surface area contributed by atoms with E-state index in [9.17, 15) is 0 Å². The van der Waals surface area contributed by atoms with E-state index in [-0.39, 0.29) is 49.0 Å². The topological polar surface area (TPSA) is 227 Å². The zero-order chi connectivity index (χ0) is 57.7. The highest BCUT2D eigenvalue weighted by Gasteiger charge is 2.66. The Balaban J connectivity index is 1.26. The predicted octanol–water partition coefficient (Wildman–Crippen LogP) is 4.68. The number of rotatable bonds is 57. The second-order valence-corrected chi connectivity index (χ2v) is 22.2. The first-order valence-electron chi connectivity index (χ1n) is 31.2. The van der Waals surface area contributed by atoms with Crippen molar-refractivity contribution in [1.82, 2.24) is 0 Å². The summed E-state index contributed by atoms with van der Waals surface area (Å²) in [6.45, 7) is 25.9. The second-order valence-electron chi connectivity index (χ2n) is 22.2. The van der Waals surface area contributed by atoms with Crippen molar-refractivity contribution in [1.29, 1.82) is 0 Å². The lowest BCUT2D eigenvalue weighted by Crippen LogP contribution is -2.63. The monoisotopic (exact) mass is 1170 g/mol. The van der Waals surface area contributed by atoms with Crippen molar-refractivity contribution in [2.24, 2.45) is 46.3 Å². The highest BCUT2D eigenvalue weighted by atomic mass is 16.6. The maximum atomic E-state index is 8.79. The molecule has 0 bridgehead atoms. The molecule has 3 N–H and O–H groups in total. The summed E-state index contributed by atoms with van der Waals surface area (Å²) in [7, 11) is 0. The number of ether oxygens (including phenoxy) is 18. The average molecular weight is 1170 g/mol. The van der Waals surface area contributed by atoms with Crippen LogP contribution in [0, 0.1) is 46.3 Å². The van der Waals surface area contributed by atoms with Crippen LogP contribution in [0.2, 0.25) is 0 Å². The standard InChI is InChI=1S/C60H114O21/c1-5-6-50(2)53-7-8-54-58-55(49-57(60(53,54)4)81-46-43-78-40-37-75-34-31-72-28-25-69-22-19-66-16-13-63)59(3)10-9-52(79-44-41-76-38-35-73-32-29-70-26-23-67-20-17-64-14-11-61)47-51(59)48-56(58)80-45-42-77-39-36-74-33-30-71-27-24-68-21-18-65-15-12-62/h50-58,61-63H,5-49H2,1-4H3/t50-,51+,52-,53-,54+,55+,56-,57+,58+,59+,60-/m1/s1. The van der Waals surface area contributed by atoms with Gasteiger partial charge in [0.05, 0.1) is 256 Å². The Labute approximate surface area is 487 Å². The molecule has 4 fully saturated rings. The maximum Gasteiger partial charge on any atom is 0.0704 e. The molecule has 81 heavy (non-hydrogen) atoms. The third-order valence-electron chi connectivity index (χ3n) is 17.0. The van der Waals surface area contributed by atoms with Crippen LogP contribution in [0.5, 0.6) is 0 Å². The lowest BCUT2D eigenvalue weighted by Gasteiger charge is -2.64. The minimum Gasteiger partial charge on any atom is -0.394 e. The third-order valence-corrected chi connectivity index (χ3v) is 17.0. The molecular formula is C60H114O21. The van der Waals surface area contributed by atoms with Crippen molar-refractivity contribution in [2.75, 3.05) is 238 Å². The van der Waals surface area contributed by atoms with Crippen molar-refractivity contribution in [3.63, 3.8) is 0 Å². The maximum absolute atomic E-state index is 8.79. The average Bonchev–Trinajstić information content (AvgIpc) is 3.89. The van der Waals surface area contributed by atoms with Crippen molar-refractivity contribution >= 4 is 0 Å². The van der Waals surface area contributed by atoms with Crippen molar-refractivity contribution in [3.8, 4) is 0 Å². The van der Waals surface area contributed by atoms with Gasteiger partial charge >= 0.3 is 0 Å². The molecule has 0 unspecified atom stereocenters. The SMILES string of the molecule is CCC[C@@H](C)[C@H]1CC[C@H]2[C@@H]3[C@H](OCCOCCOCCOCCOCCOCCO)C[C@@H]4C[C@H](OCCOCCOCCOCCOCCOCCO)CC[C@]4(C)[C@H]3C[C@H](OCCOCCOCCOCCOCCOCCO)[C@]12C. The summed E-state index contributed by atoms with van der Waals surface area (Å²) in [5.74, 6) is 3.04. The Morgan fingerprint density at radius 1 is 0.383 bits per heavy atom. The fourth-order valence-corrected chi connectivity index (χ4v) is 13.2. The van der Waals surface area contributed by atoms with Crippen molar-refractivity contribution in [2.45, 2.75) is 104 Å². The molecule has 4 rings (SSSR count). The first kappa shape index (κ1) is 72.6. The summed E-state index contributed by atoms with van der Waals surface area (Å²) in [6.07, 6.45) is 10.5. The van der Waals surface area contributed by atoms with Gasteiger partial charge in [-0.05, 0) is 85.9 Å². The number of aliphatic hydroxyl groups excluding tert-OH is 3. The quantitative estimate of drug-likeness (QED) is 0.0703. The Bertz CT molecular complexity index is 1430. The van der Waals surface area contributed by atoms with Gasteiger partial charge in [-0.3, -0.25) is 0 Å². The van der Waals surface area contributed by atoms with Gasteiger partial charge in [0, 0.05) is 5.41 Å². The van der Waals surface area contributed by atoms with E-state index >= 15 is 0 Å². The first-order valence-corrected chi connectivity index (χ1v) is 31.2. The molecule has 21 heteroatoms. The van der Waals surface area contributed by atoms with Gasteiger partial charge in [0.25, 0.3) is 0 Å². The van der Waals surface area contributed by atoms with E-state index in [1.54, 1.807) is 0 Å². The normalized spacial score (nSPS) is 26.7. The Morgan fingerprint density at radius 3 is 1.10 bits per heavy atom. The Morgan fingerprint density at radius 2 is 0.728 bits per heavy atom. The molecule has 0 saturated heterocycles. The van der Waals surface area contributed by atoms with E-state index in [0.29, 0.717) is 254 Å². The van der Waals surface area contributed by atoms with Gasteiger partial charge in [-0.2, -0.15) is 0 Å². The van der Waals surface area contributed by atoms with Crippen LogP contribution in [0.3, 0.4) is 0 Å². The number of fused-ring (bicyclic) bond motifs is 5. The summed E-state index contributed by atoms with van der Waals surface area (Å²) >= 11 is 0. The van der Waals surface area contributed by atoms with E-state index in [4.69, 9.17) is 101 Å². The van der Waals surface area contributed by atoms with Gasteiger partial charge in [-0.15, -0.1) is 0 Å². The molecule has 0 aromatic heterocycles. The first-order chi connectivity index (χ1) is 39.8. The minimum atomic E-state index is 0.0131. The van der Waals surface area contributed by atoms with Gasteiger partial charge in [-0.25, -0.2) is 0 Å². The Kier molecular flexibility index (Phi) is 42.4. The molecule has 4 saturated carbocycles. The molecule has 0 spiro atoms. The lowest BCUT2D eigenvalue weighted by molar-refractivity contribution is -0.230. The van der Waals surface area contributed by atoms with E-state index < -0.39 is 0 Å². The molecule has 0 aromatic rings. The molecular weight excluding hydrogens is 1060 g/mol. The third kappa shape index (κ3) is 28.7. The summed E-state index contributed by atoms with van der Waals surface area (Å²) in [5.41, 5.74) is 0.163. The molecule has 4 aliphatic carbocycles. The number of hydrogen-bond donors (Lipinski definition) is 3. The predicted molar refractivity (Wildman–Crippen MR) is 303 cm³/mol. The summed E-state index contributed by atoms with van der Waals surface area (Å²) in [4.78, 5) is 0. The zero-order valence-electron chi connectivity index (χ0n) is 50.7. The lowest BCUT2D eigenvalue weighted by atomic mass is 9.43. The van der Waals surface area contributed by atoms with E-state index in [2.05, 4.69) is 27.7 Å². The van der Waals surface area contributed by atoms with Gasteiger partial charge < -0.3 is 101 Å². The molecule has 0 radical (unpaired) electrons. The second kappa shape index (κ2) is 47.3. The molecule has 0 aromatic carbocycles. The summed E-state index contributed by atoms with van der Waals surface area (Å²) in [6, 6.07) is 0. The van der Waals surface area contributed by atoms with Gasteiger partial charge in [0.1, 0.15) is 0 Å². The summed E-state index contributed by atoms with van der Waals surface area (Å²) in [5, 5.41) is 26.3. The van der Waals surface area contributed by atoms with Crippen LogP contribution in [0.4, 0.5) is 0 Å². The highest BCUT2D eigenvalue weighted by Crippen LogP contribution is 2.69. The Hall–Kier alpha value is -0.840. The molecule has 0 aliphatic heterocycles. The molecule has 21 nitrogen and oxygen atoms in total. The van der Waals surface area contributed by atoms with Crippen LogP contribution in [-0.4, -0.2) is 271 Å². The fraction of sp³-hybridized carbons (Fsp3) is 1.00. The van der Waals surface area contributed by atoms with E-state index in [1.165, 1.54) is 25.7 Å². The molecule has 11 atom stereocenters. The van der Waals surface area contributed by atoms with Crippen LogP contribution in [0.1, 0.15) is 85.5 Å². The van der Waals surface area contributed by atoms with Gasteiger partial charge in [0.2, 0.25) is 0 Å².